The first kappa shape index (κ1) is 17.7. The van der Waals surface area contributed by atoms with Gasteiger partial charge in [-0.15, -0.1) is 11.3 Å². The third-order valence-electron chi connectivity index (χ3n) is 4.11. The average Bonchev–Trinajstić information content (AvgIpc) is 3.14. The molecule has 4 rings (SSSR count). The third-order valence-corrected chi connectivity index (χ3v) is 5.12. The Hall–Kier alpha value is -3.15. The number of hydrogen-bond donors (Lipinski definition) is 1. The lowest BCUT2D eigenvalue weighted by atomic mass is 10.0. The normalized spacial score (nSPS) is 10.5. The third kappa shape index (κ3) is 2.63. The van der Waals surface area contributed by atoms with Gasteiger partial charge in [0.2, 0.25) is 0 Å². The van der Waals surface area contributed by atoms with E-state index in [1.807, 2.05) is 13.8 Å². The molecule has 0 amide bonds. The molecule has 0 bridgehead atoms. The number of benzene rings is 1. The fourth-order valence-electron chi connectivity index (χ4n) is 2.89. The lowest BCUT2D eigenvalue weighted by Gasteiger charge is -2.08. The van der Waals surface area contributed by atoms with Crippen molar-refractivity contribution in [3.63, 3.8) is 0 Å². The average molecular weight is 366 g/mol. The van der Waals surface area contributed by atoms with Gasteiger partial charge < -0.3 is 6.15 Å². The Morgan fingerprint density at radius 3 is 2.54 bits per heavy atom. The number of hydrogen-bond acceptors (Lipinski definition) is 6. The van der Waals surface area contributed by atoms with Crippen LogP contribution < -0.4 is 6.15 Å². The van der Waals surface area contributed by atoms with Crippen LogP contribution in [-0.4, -0.2) is 19.7 Å². The number of rotatable bonds is 2. The van der Waals surface area contributed by atoms with E-state index in [-0.39, 0.29) is 12.0 Å². The van der Waals surface area contributed by atoms with Gasteiger partial charge in [0.1, 0.15) is 23.0 Å². The second-order valence-electron chi connectivity index (χ2n) is 5.58. The number of aromatic nitrogens is 4. The number of nitrogens with zero attached hydrogens (tertiary/aromatic N) is 5. The summed E-state index contributed by atoms with van der Waals surface area (Å²) in [6.45, 7) is 3.84. The molecule has 0 aliphatic heterocycles. The van der Waals surface area contributed by atoms with Gasteiger partial charge in [-0.3, -0.25) is 0 Å². The van der Waals surface area contributed by atoms with E-state index in [9.17, 15) is 9.65 Å². The van der Waals surface area contributed by atoms with Crippen LogP contribution in [0, 0.1) is 31.0 Å². The predicted octanol–water partition coefficient (Wildman–Crippen LogP) is 4.33. The maximum Gasteiger partial charge on any atom is 0.166 e. The molecule has 6 nitrogen and oxygen atoms in total. The first-order chi connectivity index (χ1) is 12.1. The van der Waals surface area contributed by atoms with Gasteiger partial charge in [0, 0.05) is 10.4 Å². The molecule has 0 atom stereocenters. The van der Waals surface area contributed by atoms with Crippen LogP contribution in [-0.2, 0) is 0 Å². The molecule has 1 aromatic carbocycles. The minimum absolute atomic E-state index is 0. The summed E-state index contributed by atoms with van der Waals surface area (Å²) in [5, 5.41) is 14.4. The van der Waals surface area contributed by atoms with Crippen LogP contribution in [0.25, 0.3) is 27.2 Å². The monoisotopic (exact) mass is 366 g/mol. The number of nitriles is 1. The Balaban J connectivity index is 0.00000196. The quantitative estimate of drug-likeness (QED) is 0.569. The van der Waals surface area contributed by atoms with Crippen LogP contribution in [0.5, 0.6) is 0 Å². The lowest BCUT2D eigenvalue weighted by molar-refractivity contribution is 0.628. The second kappa shape index (κ2) is 6.63. The summed E-state index contributed by atoms with van der Waals surface area (Å²) < 4.78 is 15.0. The number of aryl methyl sites for hydroxylation is 1. The van der Waals surface area contributed by atoms with Crippen molar-refractivity contribution in [2.45, 2.75) is 13.8 Å². The largest absolute Gasteiger partial charge is 0.344 e. The van der Waals surface area contributed by atoms with E-state index in [1.165, 1.54) is 24.7 Å². The van der Waals surface area contributed by atoms with E-state index >= 15 is 0 Å². The summed E-state index contributed by atoms with van der Waals surface area (Å²) in [4.78, 5) is 10.7. The van der Waals surface area contributed by atoms with Crippen molar-refractivity contribution in [3.05, 3.63) is 58.7 Å². The standard InChI is InChI=1S/C18H12FN5S.H3N/c1-10-13(7-20)8-23-24(10)17-16-15(12-3-5-14(19)6-4-12)11(2)25-18(16)22-9-21-17;/h3-6,8-9H,1-2H3;1H3. The van der Waals surface area contributed by atoms with Crippen molar-refractivity contribution in [1.29, 1.82) is 5.26 Å². The van der Waals surface area contributed by atoms with Crippen molar-refractivity contribution in [1.82, 2.24) is 25.9 Å². The highest BCUT2D eigenvalue weighted by Crippen LogP contribution is 2.39. The number of fused-ring (bicyclic) bond motifs is 1. The van der Waals surface area contributed by atoms with E-state index in [2.05, 4.69) is 21.1 Å². The van der Waals surface area contributed by atoms with E-state index < -0.39 is 0 Å². The van der Waals surface area contributed by atoms with Gasteiger partial charge in [0.05, 0.1) is 22.8 Å². The van der Waals surface area contributed by atoms with E-state index in [0.29, 0.717) is 11.4 Å². The smallest absolute Gasteiger partial charge is 0.166 e. The van der Waals surface area contributed by atoms with Crippen molar-refractivity contribution in [3.8, 4) is 23.0 Å². The van der Waals surface area contributed by atoms with Crippen molar-refractivity contribution in [2.24, 2.45) is 0 Å². The van der Waals surface area contributed by atoms with Crippen molar-refractivity contribution in [2.75, 3.05) is 0 Å². The minimum Gasteiger partial charge on any atom is -0.344 e. The molecular weight excluding hydrogens is 351 g/mol. The molecule has 3 aromatic heterocycles. The fourth-order valence-corrected chi connectivity index (χ4v) is 3.89. The summed E-state index contributed by atoms with van der Waals surface area (Å²) in [6, 6.07) is 8.50. The van der Waals surface area contributed by atoms with Gasteiger partial charge in [-0.05, 0) is 31.5 Å². The summed E-state index contributed by atoms with van der Waals surface area (Å²) in [5.41, 5.74) is 3.08. The van der Waals surface area contributed by atoms with Gasteiger partial charge in [-0.25, -0.2) is 19.0 Å². The highest BCUT2D eigenvalue weighted by atomic mass is 32.1. The predicted molar refractivity (Wildman–Crippen MR) is 99.1 cm³/mol. The van der Waals surface area contributed by atoms with Crippen molar-refractivity contribution >= 4 is 21.6 Å². The maximum atomic E-state index is 13.3. The Labute approximate surface area is 153 Å². The zero-order chi connectivity index (χ0) is 17.6. The van der Waals surface area contributed by atoms with Gasteiger partial charge in [0.15, 0.2) is 5.82 Å². The zero-order valence-electron chi connectivity index (χ0n) is 14.2. The van der Waals surface area contributed by atoms with Crippen LogP contribution in [0.15, 0.2) is 36.8 Å². The zero-order valence-corrected chi connectivity index (χ0v) is 15.0. The lowest BCUT2D eigenvalue weighted by Crippen LogP contribution is -2.03. The highest BCUT2D eigenvalue weighted by Gasteiger charge is 2.20. The second-order valence-corrected chi connectivity index (χ2v) is 6.79. The van der Waals surface area contributed by atoms with Gasteiger partial charge in [-0.2, -0.15) is 10.4 Å². The van der Waals surface area contributed by atoms with Gasteiger partial charge in [0.25, 0.3) is 0 Å². The SMILES string of the molecule is Cc1sc2ncnc(-n3ncc(C#N)c3C)c2c1-c1ccc(F)cc1.N. The number of halogens is 1. The summed E-state index contributed by atoms with van der Waals surface area (Å²) in [5.74, 6) is 0.340. The molecule has 26 heavy (non-hydrogen) atoms. The Morgan fingerprint density at radius 1 is 1.15 bits per heavy atom. The molecule has 3 heterocycles. The summed E-state index contributed by atoms with van der Waals surface area (Å²) >= 11 is 1.55. The van der Waals surface area contributed by atoms with Crippen LogP contribution >= 0.6 is 11.3 Å². The minimum atomic E-state index is -0.279. The van der Waals surface area contributed by atoms with E-state index in [0.717, 1.165) is 31.9 Å². The summed E-state index contributed by atoms with van der Waals surface area (Å²) in [6.07, 6.45) is 3.02. The molecule has 0 aliphatic carbocycles. The van der Waals surface area contributed by atoms with Crippen LogP contribution in [0.1, 0.15) is 16.1 Å². The van der Waals surface area contributed by atoms with Crippen molar-refractivity contribution < 1.29 is 4.39 Å². The number of thiophene rings is 1. The molecule has 3 N–H and O–H groups in total. The fraction of sp³-hybridized carbons (Fsp3) is 0.111. The van der Waals surface area contributed by atoms with E-state index in [1.54, 1.807) is 28.2 Å². The maximum absolute atomic E-state index is 13.3. The topological polar surface area (TPSA) is 102 Å². The molecule has 0 spiro atoms. The first-order valence-electron chi connectivity index (χ1n) is 7.55. The van der Waals surface area contributed by atoms with Crippen LogP contribution in [0.4, 0.5) is 4.39 Å². The molecule has 0 saturated heterocycles. The van der Waals surface area contributed by atoms with E-state index in [4.69, 9.17) is 0 Å². The molecule has 0 unspecified atom stereocenters. The Kier molecular flexibility index (Phi) is 4.50. The van der Waals surface area contributed by atoms with Gasteiger partial charge in [-0.1, -0.05) is 12.1 Å². The Morgan fingerprint density at radius 2 is 1.88 bits per heavy atom. The summed E-state index contributed by atoms with van der Waals surface area (Å²) in [7, 11) is 0. The molecule has 0 fully saturated rings. The van der Waals surface area contributed by atoms with Crippen LogP contribution in [0.3, 0.4) is 0 Å². The first-order valence-corrected chi connectivity index (χ1v) is 8.37. The van der Waals surface area contributed by atoms with Crippen LogP contribution in [0.2, 0.25) is 0 Å². The molecule has 0 saturated carbocycles. The molecule has 8 heteroatoms. The highest BCUT2D eigenvalue weighted by molar-refractivity contribution is 7.19. The molecule has 0 radical (unpaired) electrons. The van der Waals surface area contributed by atoms with Gasteiger partial charge >= 0.3 is 0 Å². The molecule has 4 aromatic rings. The molecule has 130 valence electrons. The molecular formula is C18H15FN6S. The Bertz CT molecular complexity index is 1140. The molecule has 0 aliphatic rings.